The summed E-state index contributed by atoms with van der Waals surface area (Å²) in [6.45, 7) is 4.77. The summed E-state index contributed by atoms with van der Waals surface area (Å²) >= 11 is 0. The SMILES string of the molecule is C=C(c1ccccc1)c1cccc2c(CCCOc3cccc4ccccc34)c(C(=O)O)[nH]c12. The minimum Gasteiger partial charge on any atom is -0.493 e. The van der Waals surface area contributed by atoms with Crippen LogP contribution < -0.4 is 4.74 Å². The lowest BCUT2D eigenvalue weighted by molar-refractivity contribution is 0.0690. The van der Waals surface area contributed by atoms with Gasteiger partial charge in [0.25, 0.3) is 0 Å². The van der Waals surface area contributed by atoms with Crippen molar-refractivity contribution in [2.24, 2.45) is 0 Å². The van der Waals surface area contributed by atoms with E-state index in [2.05, 4.69) is 23.7 Å². The third-order valence-corrected chi connectivity index (χ3v) is 6.18. The first kappa shape index (κ1) is 21.5. The molecule has 0 aliphatic carbocycles. The Labute approximate surface area is 198 Å². The first-order chi connectivity index (χ1) is 16.6. The summed E-state index contributed by atoms with van der Waals surface area (Å²) in [5.41, 5.74) is 4.60. The molecule has 0 unspecified atom stereocenters. The van der Waals surface area contributed by atoms with Crippen molar-refractivity contribution in [2.75, 3.05) is 6.61 Å². The molecule has 34 heavy (non-hydrogen) atoms. The van der Waals surface area contributed by atoms with Crippen LogP contribution >= 0.6 is 0 Å². The average Bonchev–Trinajstić information content (AvgIpc) is 3.26. The summed E-state index contributed by atoms with van der Waals surface area (Å²) in [5.74, 6) is -0.116. The van der Waals surface area contributed by atoms with Crippen LogP contribution in [0, 0.1) is 0 Å². The number of aromatic carboxylic acids is 1. The molecular formula is C30H25NO3. The van der Waals surface area contributed by atoms with Crippen molar-refractivity contribution < 1.29 is 14.6 Å². The predicted octanol–water partition coefficient (Wildman–Crippen LogP) is 7.09. The van der Waals surface area contributed by atoms with E-state index >= 15 is 0 Å². The topological polar surface area (TPSA) is 62.3 Å². The van der Waals surface area contributed by atoms with Gasteiger partial charge in [-0.1, -0.05) is 91.5 Å². The minimum atomic E-state index is -0.961. The Bertz CT molecular complexity index is 1490. The predicted molar refractivity (Wildman–Crippen MR) is 138 cm³/mol. The molecule has 0 radical (unpaired) electrons. The average molecular weight is 448 g/mol. The number of nitrogens with one attached hydrogen (secondary N) is 1. The van der Waals surface area contributed by atoms with E-state index < -0.39 is 5.97 Å². The van der Waals surface area contributed by atoms with Crippen molar-refractivity contribution in [3.05, 3.63) is 120 Å². The van der Waals surface area contributed by atoms with Crippen LogP contribution in [0.1, 0.15) is 33.6 Å². The first-order valence-electron chi connectivity index (χ1n) is 11.4. The van der Waals surface area contributed by atoms with Crippen LogP contribution in [0.2, 0.25) is 0 Å². The Kier molecular flexibility index (Phi) is 5.88. The monoisotopic (exact) mass is 447 g/mol. The van der Waals surface area contributed by atoms with Gasteiger partial charge in [-0.05, 0) is 41.0 Å². The first-order valence-corrected chi connectivity index (χ1v) is 11.4. The fraction of sp³-hybridized carbons (Fsp3) is 0.100. The molecule has 0 aliphatic rings. The summed E-state index contributed by atoms with van der Waals surface area (Å²) in [4.78, 5) is 15.2. The van der Waals surface area contributed by atoms with E-state index in [1.54, 1.807) is 0 Å². The molecule has 0 saturated carbocycles. The lowest BCUT2D eigenvalue weighted by Gasteiger charge is -2.10. The highest BCUT2D eigenvalue weighted by atomic mass is 16.5. The van der Waals surface area contributed by atoms with Crippen molar-refractivity contribution in [2.45, 2.75) is 12.8 Å². The van der Waals surface area contributed by atoms with E-state index in [1.807, 2.05) is 78.9 Å². The molecule has 0 saturated heterocycles. The zero-order valence-corrected chi connectivity index (χ0v) is 18.8. The van der Waals surface area contributed by atoms with Crippen LogP contribution in [0.15, 0.2) is 97.6 Å². The number of ether oxygens (including phenoxy) is 1. The molecule has 0 fully saturated rings. The Morgan fingerprint density at radius 1 is 0.853 bits per heavy atom. The molecule has 5 rings (SSSR count). The van der Waals surface area contributed by atoms with E-state index in [-0.39, 0.29) is 5.69 Å². The van der Waals surface area contributed by atoms with Crippen LogP contribution in [0.4, 0.5) is 0 Å². The van der Waals surface area contributed by atoms with Crippen LogP contribution in [-0.2, 0) is 6.42 Å². The van der Waals surface area contributed by atoms with Gasteiger partial charge in [-0.3, -0.25) is 0 Å². The highest BCUT2D eigenvalue weighted by Gasteiger charge is 2.19. The molecule has 4 nitrogen and oxygen atoms in total. The second-order valence-corrected chi connectivity index (χ2v) is 8.29. The van der Waals surface area contributed by atoms with E-state index in [0.29, 0.717) is 19.4 Å². The molecule has 1 heterocycles. The Morgan fingerprint density at radius 3 is 2.38 bits per heavy atom. The maximum atomic E-state index is 12.1. The molecule has 4 aromatic carbocycles. The Morgan fingerprint density at radius 2 is 1.56 bits per heavy atom. The summed E-state index contributed by atoms with van der Waals surface area (Å²) in [6, 6.07) is 30.0. The zero-order chi connectivity index (χ0) is 23.5. The van der Waals surface area contributed by atoms with Crippen molar-refractivity contribution in [1.29, 1.82) is 0 Å². The quantitative estimate of drug-likeness (QED) is 0.250. The van der Waals surface area contributed by atoms with Gasteiger partial charge < -0.3 is 14.8 Å². The van der Waals surface area contributed by atoms with Crippen LogP contribution in [0.3, 0.4) is 0 Å². The van der Waals surface area contributed by atoms with Gasteiger partial charge in [-0.2, -0.15) is 0 Å². The maximum absolute atomic E-state index is 12.1. The normalized spacial score (nSPS) is 11.1. The number of H-pyrrole nitrogens is 1. The lowest BCUT2D eigenvalue weighted by atomic mass is 9.96. The summed E-state index contributed by atoms with van der Waals surface area (Å²) in [7, 11) is 0. The minimum absolute atomic E-state index is 0.230. The van der Waals surface area contributed by atoms with Crippen LogP contribution in [0.5, 0.6) is 5.75 Å². The van der Waals surface area contributed by atoms with Gasteiger partial charge in [0.1, 0.15) is 11.4 Å². The second-order valence-electron chi connectivity index (χ2n) is 8.29. The number of benzene rings is 4. The summed E-state index contributed by atoms with van der Waals surface area (Å²) < 4.78 is 6.08. The number of carboxylic acids is 1. The molecule has 168 valence electrons. The number of para-hydroxylation sites is 1. The highest BCUT2D eigenvalue weighted by molar-refractivity contribution is 6.02. The summed E-state index contributed by atoms with van der Waals surface area (Å²) in [5, 5.41) is 13.0. The van der Waals surface area contributed by atoms with E-state index in [4.69, 9.17) is 4.74 Å². The van der Waals surface area contributed by atoms with Crippen molar-refractivity contribution in [3.8, 4) is 5.75 Å². The van der Waals surface area contributed by atoms with Gasteiger partial charge in [0.2, 0.25) is 0 Å². The number of aromatic nitrogens is 1. The maximum Gasteiger partial charge on any atom is 0.352 e. The van der Waals surface area contributed by atoms with Crippen molar-refractivity contribution in [3.63, 3.8) is 0 Å². The number of aryl methyl sites for hydroxylation is 1. The molecule has 1 aromatic heterocycles. The number of hydrogen-bond acceptors (Lipinski definition) is 2. The van der Waals surface area contributed by atoms with Gasteiger partial charge in [0, 0.05) is 16.3 Å². The smallest absolute Gasteiger partial charge is 0.352 e. The molecule has 0 spiro atoms. The fourth-order valence-corrected chi connectivity index (χ4v) is 4.51. The van der Waals surface area contributed by atoms with Crippen molar-refractivity contribution >= 4 is 33.2 Å². The number of fused-ring (bicyclic) bond motifs is 2. The van der Waals surface area contributed by atoms with Gasteiger partial charge in [0.15, 0.2) is 0 Å². The fourth-order valence-electron chi connectivity index (χ4n) is 4.51. The molecule has 0 bridgehead atoms. The number of carboxylic acid groups (broad SMARTS) is 1. The molecule has 0 atom stereocenters. The number of aromatic amines is 1. The zero-order valence-electron chi connectivity index (χ0n) is 18.8. The van der Waals surface area contributed by atoms with Crippen LogP contribution in [0.25, 0.3) is 27.2 Å². The molecule has 0 aliphatic heterocycles. The van der Waals surface area contributed by atoms with Crippen LogP contribution in [-0.4, -0.2) is 22.7 Å². The number of carbonyl (C=O) groups is 1. The number of hydrogen-bond donors (Lipinski definition) is 2. The van der Waals surface area contributed by atoms with Gasteiger partial charge in [-0.25, -0.2) is 4.79 Å². The van der Waals surface area contributed by atoms with Gasteiger partial charge >= 0.3 is 5.97 Å². The largest absolute Gasteiger partial charge is 0.493 e. The Balaban J connectivity index is 1.40. The second kappa shape index (κ2) is 9.28. The van der Waals surface area contributed by atoms with Gasteiger partial charge in [-0.15, -0.1) is 0 Å². The molecule has 4 heteroatoms. The number of rotatable bonds is 8. The van der Waals surface area contributed by atoms with E-state index in [1.165, 1.54) is 0 Å². The molecular weight excluding hydrogens is 422 g/mol. The third-order valence-electron chi connectivity index (χ3n) is 6.18. The van der Waals surface area contributed by atoms with Crippen molar-refractivity contribution in [1.82, 2.24) is 4.98 Å². The summed E-state index contributed by atoms with van der Waals surface area (Å²) in [6.07, 6.45) is 1.29. The molecule has 0 amide bonds. The van der Waals surface area contributed by atoms with E-state index in [0.717, 1.165) is 49.7 Å². The molecule has 2 N–H and O–H groups in total. The molecule has 5 aromatic rings. The van der Waals surface area contributed by atoms with E-state index in [9.17, 15) is 9.90 Å². The van der Waals surface area contributed by atoms with Gasteiger partial charge in [0.05, 0.1) is 12.1 Å². The Hall–Kier alpha value is -4.31. The highest BCUT2D eigenvalue weighted by Crippen LogP contribution is 2.32. The third kappa shape index (κ3) is 4.06. The standard InChI is InChI=1S/C30H25NO3/c1-20(21-10-3-2-4-11-21)23-15-8-16-25-26(29(30(32)33)31-28(23)25)17-9-19-34-27-18-7-13-22-12-5-6-14-24(22)27/h2-8,10-16,18,31H,1,9,17,19H2,(H,32,33). The lowest BCUT2D eigenvalue weighted by Crippen LogP contribution is -2.04.